The van der Waals surface area contributed by atoms with Crippen molar-refractivity contribution in [3.05, 3.63) is 35.9 Å². The van der Waals surface area contributed by atoms with Gasteiger partial charge < -0.3 is 5.11 Å². The Bertz CT molecular complexity index is 385. The van der Waals surface area contributed by atoms with Crippen LogP contribution in [-0.2, 0) is 0 Å². The largest absolute Gasteiger partial charge is 0.465 e. The van der Waals surface area contributed by atoms with Gasteiger partial charge in [0.1, 0.15) is 0 Å². The van der Waals surface area contributed by atoms with Crippen molar-refractivity contribution in [2.75, 3.05) is 11.4 Å². The molecule has 1 aliphatic rings. The summed E-state index contributed by atoms with van der Waals surface area (Å²) in [5, 5.41) is 9.01. The Labute approximate surface area is 82.3 Å². The monoisotopic (exact) mass is 189 g/mol. The molecule has 1 amide bonds. The summed E-state index contributed by atoms with van der Waals surface area (Å²) in [6.45, 7) is 0.531. The van der Waals surface area contributed by atoms with Gasteiger partial charge in [0.25, 0.3) is 0 Å². The molecule has 2 rings (SSSR count). The Kier molecular flexibility index (Phi) is 2.23. The maximum atomic E-state index is 11.0. The lowest BCUT2D eigenvalue weighted by molar-refractivity contribution is 0.202. The van der Waals surface area contributed by atoms with Crippen LogP contribution in [0.5, 0.6) is 0 Å². The number of fused-ring (bicyclic) bond motifs is 1. The van der Waals surface area contributed by atoms with E-state index in [0.29, 0.717) is 6.54 Å². The summed E-state index contributed by atoms with van der Waals surface area (Å²) < 4.78 is 0. The molecule has 72 valence electrons. The Hall–Kier alpha value is -1.77. The van der Waals surface area contributed by atoms with Crippen LogP contribution in [0.4, 0.5) is 10.5 Å². The van der Waals surface area contributed by atoms with Crippen LogP contribution in [0.15, 0.2) is 30.3 Å². The van der Waals surface area contributed by atoms with Crippen LogP contribution in [0.3, 0.4) is 0 Å². The van der Waals surface area contributed by atoms with Crippen LogP contribution in [0, 0.1) is 0 Å². The van der Waals surface area contributed by atoms with Crippen molar-refractivity contribution in [2.45, 2.75) is 6.42 Å². The minimum absolute atomic E-state index is 0.531. The van der Waals surface area contributed by atoms with Gasteiger partial charge in [0.2, 0.25) is 0 Å². The van der Waals surface area contributed by atoms with Crippen molar-refractivity contribution in [3.8, 4) is 0 Å². The molecule has 1 aromatic rings. The second-order valence-electron chi connectivity index (χ2n) is 3.18. The Balaban J connectivity index is 2.48. The third kappa shape index (κ3) is 1.48. The fraction of sp³-hybridized carbons (Fsp3) is 0.182. The van der Waals surface area contributed by atoms with E-state index in [0.717, 1.165) is 17.7 Å². The maximum absolute atomic E-state index is 11.0. The molecule has 0 fully saturated rings. The SMILES string of the molecule is O=C(O)N1CCC=Cc2ccccc21. The van der Waals surface area contributed by atoms with Gasteiger partial charge in [0.15, 0.2) is 0 Å². The molecule has 1 heterocycles. The van der Waals surface area contributed by atoms with E-state index in [9.17, 15) is 4.79 Å². The third-order valence-corrected chi connectivity index (χ3v) is 2.28. The molecule has 0 unspecified atom stereocenters. The summed E-state index contributed by atoms with van der Waals surface area (Å²) in [7, 11) is 0. The standard InChI is InChI=1S/C11H11NO2/c13-11(14)12-8-4-3-6-9-5-1-2-7-10(9)12/h1-3,5-7H,4,8H2,(H,13,14). The van der Waals surface area contributed by atoms with Crippen LogP contribution in [-0.4, -0.2) is 17.7 Å². The van der Waals surface area contributed by atoms with Crippen LogP contribution >= 0.6 is 0 Å². The van der Waals surface area contributed by atoms with E-state index in [1.54, 1.807) is 0 Å². The number of amides is 1. The number of nitrogens with zero attached hydrogens (tertiary/aromatic N) is 1. The molecule has 0 radical (unpaired) electrons. The lowest BCUT2D eigenvalue weighted by atomic mass is 10.1. The average Bonchev–Trinajstić information content (AvgIpc) is 2.39. The van der Waals surface area contributed by atoms with Gasteiger partial charge in [-0.05, 0) is 18.1 Å². The fourth-order valence-corrected chi connectivity index (χ4v) is 1.61. The molecule has 1 aromatic carbocycles. The number of para-hydroxylation sites is 1. The summed E-state index contributed by atoms with van der Waals surface area (Å²) in [5.41, 5.74) is 1.74. The molecular weight excluding hydrogens is 178 g/mol. The predicted octanol–water partition coefficient (Wildman–Crippen LogP) is 2.59. The molecular formula is C11H11NO2. The summed E-state index contributed by atoms with van der Waals surface area (Å²) in [6, 6.07) is 7.52. The van der Waals surface area contributed by atoms with Crippen molar-refractivity contribution < 1.29 is 9.90 Å². The highest BCUT2D eigenvalue weighted by molar-refractivity contribution is 5.89. The van der Waals surface area contributed by atoms with Gasteiger partial charge in [-0.25, -0.2) is 4.79 Å². The first-order chi connectivity index (χ1) is 6.79. The van der Waals surface area contributed by atoms with Crippen LogP contribution in [0.2, 0.25) is 0 Å². The molecule has 0 bridgehead atoms. The van der Waals surface area contributed by atoms with Crippen LogP contribution in [0.25, 0.3) is 6.08 Å². The van der Waals surface area contributed by atoms with Gasteiger partial charge >= 0.3 is 6.09 Å². The molecule has 14 heavy (non-hydrogen) atoms. The summed E-state index contributed by atoms with van der Waals surface area (Å²) in [6.07, 6.45) is 3.85. The lowest BCUT2D eigenvalue weighted by Crippen LogP contribution is -2.29. The van der Waals surface area contributed by atoms with E-state index >= 15 is 0 Å². The number of carboxylic acid groups (broad SMARTS) is 1. The van der Waals surface area contributed by atoms with Crippen molar-refractivity contribution >= 4 is 17.9 Å². The molecule has 3 nitrogen and oxygen atoms in total. The molecule has 0 aromatic heterocycles. The minimum Gasteiger partial charge on any atom is -0.465 e. The van der Waals surface area contributed by atoms with E-state index in [1.165, 1.54) is 4.90 Å². The highest BCUT2D eigenvalue weighted by Crippen LogP contribution is 2.24. The van der Waals surface area contributed by atoms with Crippen LogP contribution in [0.1, 0.15) is 12.0 Å². The number of carbonyl (C=O) groups is 1. The van der Waals surface area contributed by atoms with Gasteiger partial charge in [0.05, 0.1) is 5.69 Å². The Morgan fingerprint density at radius 1 is 1.36 bits per heavy atom. The van der Waals surface area contributed by atoms with E-state index in [2.05, 4.69) is 0 Å². The summed E-state index contributed by atoms with van der Waals surface area (Å²) in [4.78, 5) is 12.4. The number of hydrogen-bond acceptors (Lipinski definition) is 1. The van der Waals surface area contributed by atoms with E-state index in [4.69, 9.17) is 5.11 Å². The van der Waals surface area contributed by atoms with Gasteiger partial charge in [-0.3, -0.25) is 4.90 Å². The summed E-state index contributed by atoms with van der Waals surface area (Å²) in [5.74, 6) is 0. The molecule has 0 atom stereocenters. The van der Waals surface area contributed by atoms with Gasteiger partial charge in [-0.15, -0.1) is 0 Å². The molecule has 1 N–H and O–H groups in total. The molecule has 0 saturated heterocycles. The smallest absolute Gasteiger partial charge is 0.411 e. The zero-order valence-corrected chi connectivity index (χ0v) is 7.68. The predicted molar refractivity (Wildman–Crippen MR) is 55.5 cm³/mol. The number of anilines is 1. The number of hydrogen-bond donors (Lipinski definition) is 1. The number of rotatable bonds is 0. The van der Waals surface area contributed by atoms with Gasteiger partial charge in [-0.2, -0.15) is 0 Å². The first-order valence-electron chi connectivity index (χ1n) is 4.55. The summed E-state index contributed by atoms with van der Waals surface area (Å²) >= 11 is 0. The van der Waals surface area contributed by atoms with Gasteiger partial charge in [-0.1, -0.05) is 30.4 Å². The molecule has 3 heteroatoms. The minimum atomic E-state index is -0.888. The van der Waals surface area contributed by atoms with Crippen molar-refractivity contribution in [2.24, 2.45) is 0 Å². The quantitative estimate of drug-likeness (QED) is 0.681. The molecule has 1 aliphatic heterocycles. The first kappa shape index (κ1) is 8.81. The molecule has 0 spiro atoms. The van der Waals surface area contributed by atoms with E-state index in [-0.39, 0.29) is 0 Å². The second kappa shape index (κ2) is 3.54. The molecule has 0 aliphatic carbocycles. The normalized spacial score (nSPS) is 14.7. The van der Waals surface area contributed by atoms with Crippen molar-refractivity contribution in [3.63, 3.8) is 0 Å². The second-order valence-corrected chi connectivity index (χ2v) is 3.18. The molecule has 0 saturated carbocycles. The highest BCUT2D eigenvalue weighted by atomic mass is 16.4. The Morgan fingerprint density at radius 2 is 2.14 bits per heavy atom. The fourth-order valence-electron chi connectivity index (χ4n) is 1.61. The average molecular weight is 189 g/mol. The zero-order chi connectivity index (χ0) is 9.97. The number of benzene rings is 1. The maximum Gasteiger partial charge on any atom is 0.411 e. The third-order valence-electron chi connectivity index (χ3n) is 2.28. The Morgan fingerprint density at radius 3 is 2.93 bits per heavy atom. The van der Waals surface area contributed by atoms with Gasteiger partial charge in [0, 0.05) is 6.54 Å². The van der Waals surface area contributed by atoms with E-state index in [1.807, 2.05) is 36.4 Å². The first-order valence-corrected chi connectivity index (χ1v) is 4.55. The van der Waals surface area contributed by atoms with Crippen molar-refractivity contribution in [1.82, 2.24) is 0 Å². The topological polar surface area (TPSA) is 40.5 Å². The van der Waals surface area contributed by atoms with E-state index < -0.39 is 6.09 Å². The van der Waals surface area contributed by atoms with Crippen LogP contribution < -0.4 is 4.90 Å². The lowest BCUT2D eigenvalue weighted by Gasteiger charge is -2.18. The van der Waals surface area contributed by atoms with Crippen molar-refractivity contribution in [1.29, 1.82) is 0 Å². The highest BCUT2D eigenvalue weighted by Gasteiger charge is 2.17. The zero-order valence-electron chi connectivity index (χ0n) is 7.68.